The number of carbonyl (C=O) groups excluding carboxylic acids is 1. The van der Waals surface area contributed by atoms with Crippen LogP contribution < -0.4 is 4.72 Å². The van der Waals surface area contributed by atoms with Crippen molar-refractivity contribution < 1.29 is 13.4 Å². The zero-order chi connectivity index (χ0) is 20.3. The second-order valence-corrected chi connectivity index (χ2v) is 8.78. The zero-order valence-corrected chi connectivity index (χ0v) is 17.3. The van der Waals surface area contributed by atoms with Gasteiger partial charge in [-0.25, -0.2) is 13.3 Å². The number of halogens is 1. The molecule has 0 aliphatic carbocycles. The molecule has 2 aromatic rings. The molecule has 1 heterocycles. The van der Waals surface area contributed by atoms with E-state index in [1.807, 2.05) is 55.1 Å². The fourth-order valence-electron chi connectivity index (χ4n) is 3.87. The minimum atomic E-state index is -1.17. The monoisotopic (exact) mass is 402 g/mol. The van der Waals surface area contributed by atoms with Crippen LogP contribution in [0.1, 0.15) is 25.8 Å². The minimum absolute atomic E-state index is 0.0722. The maximum absolute atomic E-state index is 14.3. The standard InChI is InChI=1S/C22H27FN2O2S/c1-15(2)22(26)25-10-9-20(24-28(3)27)21(25)13-16-11-18(14-19(23)12-16)17-7-5-4-6-8-17/h4-8,11-12,14-15,20-21,24H,9-10,13H2,1-3H3. The largest absolute Gasteiger partial charge is 0.337 e. The topological polar surface area (TPSA) is 49.4 Å². The summed E-state index contributed by atoms with van der Waals surface area (Å²) < 4.78 is 29.2. The molecule has 2 aromatic carbocycles. The van der Waals surface area contributed by atoms with Crippen LogP contribution in [0.2, 0.25) is 0 Å². The van der Waals surface area contributed by atoms with Crippen molar-refractivity contribution in [2.24, 2.45) is 5.92 Å². The quantitative estimate of drug-likeness (QED) is 0.803. The molecule has 3 unspecified atom stereocenters. The maximum Gasteiger partial charge on any atom is 0.225 e. The van der Waals surface area contributed by atoms with Gasteiger partial charge in [-0.15, -0.1) is 0 Å². The van der Waals surface area contributed by atoms with Crippen molar-refractivity contribution in [3.8, 4) is 11.1 Å². The molecular formula is C22H27FN2O2S. The van der Waals surface area contributed by atoms with Crippen LogP contribution in [0.4, 0.5) is 4.39 Å². The smallest absolute Gasteiger partial charge is 0.225 e. The highest BCUT2D eigenvalue weighted by Crippen LogP contribution is 2.27. The van der Waals surface area contributed by atoms with Crippen LogP contribution in [0.3, 0.4) is 0 Å². The number of nitrogens with zero attached hydrogens (tertiary/aromatic N) is 1. The number of amides is 1. The molecule has 1 fully saturated rings. The number of hydrogen-bond acceptors (Lipinski definition) is 2. The third-order valence-corrected chi connectivity index (χ3v) is 5.78. The molecule has 1 aliphatic rings. The van der Waals surface area contributed by atoms with Gasteiger partial charge in [-0.3, -0.25) is 4.79 Å². The van der Waals surface area contributed by atoms with Gasteiger partial charge >= 0.3 is 0 Å². The first-order valence-corrected chi connectivity index (χ1v) is 11.2. The summed E-state index contributed by atoms with van der Waals surface area (Å²) in [6, 6.07) is 14.5. The first kappa shape index (κ1) is 20.7. The Bertz CT molecular complexity index is 857. The van der Waals surface area contributed by atoms with Gasteiger partial charge in [0.05, 0.1) is 17.0 Å². The van der Waals surface area contributed by atoms with Crippen molar-refractivity contribution in [3.05, 3.63) is 59.9 Å². The molecule has 1 N–H and O–H groups in total. The van der Waals surface area contributed by atoms with E-state index in [4.69, 9.17) is 0 Å². The first-order chi connectivity index (χ1) is 13.3. The van der Waals surface area contributed by atoms with Crippen LogP contribution >= 0.6 is 0 Å². The number of hydrogen-bond donors (Lipinski definition) is 1. The SMILES string of the molecule is CC(C)C(=O)N1CCC(NS(C)=O)C1Cc1cc(F)cc(-c2ccccc2)c1. The lowest BCUT2D eigenvalue weighted by Gasteiger charge is -2.30. The van der Waals surface area contributed by atoms with Crippen molar-refractivity contribution in [2.45, 2.75) is 38.8 Å². The van der Waals surface area contributed by atoms with Gasteiger partial charge in [0.1, 0.15) is 5.82 Å². The summed E-state index contributed by atoms with van der Waals surface area (Å²) >= 11 is 0. The lowest BCUT2D eigenvalue weighted by atomic mass is 9.96. The number of nitrogens with one attached hydrogen (secondary N) is 1. The Kier molecular flexibility index (Phi) is 6.62. The summed E-state index contributed by atoms with van der Waals surface area (Å²) in [6.45, 7) is 4.39. The summed E-state index contributed by atoms with van der Waals surface area (Å²) in [6.07, 6.45) is 2.86. The van der Waals surface area contributed by atoms with E-state index in [2.05, 4.69) is 4.72 Å². The molecule has 150 valence electrons. The maximum atomic E-state index is 14.3. The third-order valence-electron chi connectivity index (χ3n) is 5.15. The van der Waals surface area contributed by atoms with Gasteiger partial charge in [0.25, 0.3) is 0 Å². The van der Waals surface area contributed by atoms with Crippen LogP contribution in [-0.4, -0.2) is 39.9 Å². The average Bonchev–Trinajstić information content (AvgIpc) is 3.02. The lowest BCUT2D eigenvalue weighted by Crippen LogP contribution is -2.47. The molecular weight excluding hydrogens is 375 g/mol. The van der Waals surface area contributed by atoms with Crippen molar-refractivity contribution in [3.63, 3.8) is 0 Å². The predicted molar refractivity (Wildman–Crippen MR) is 111 cm³/mol. The van der Waals surface area contributed by atoms with Crippen LogP contribution in [0.15, 0.2) is 48.5 Å². The van der Waals surface area contributed by atoms with Gasteiger partial charge in [-0.05, 0) is 41.7 Å². The highest BCUT2D eigenvalue weighted by molar-refractivity contribution is 7.82. The highest BCUT2D eigenvalue weighted by atomic mass is 32.2. The van der Waals surface area contributed by atoms with E-state index in [1.165, 1.54) is 12.1 Å². The van der Waals surface area contributed by atoms with E-state index in [-0.39, 0.29) is 29.7 Å². The molecule has 4 nitrogen and oxygen atoms in total. The molecule has 28 heavy (non-hydrogen) atoms. The Labute approximate surface area is 168 Å². The van der Waals surface area contributed by atoms with Crippen molar-refractivity contribution >= 4 is 16.9 Å². The van der Waals surface area contributed by atoms with Crippen LogP contribution in [0.25, 0.3) is 11.1 Å². The molecule has 0 radical (unpaired) electrons. The first-order valence-electron chi connectivity index (χ1n) is 9.60. The minimum Gasteiger partial charge on any atom is -0.337 e. The summed E-state index contributed by atoms with van der Waals surface area (Å²) in [5.74, 6) is -0.323. The number of benzene rings is 2. The van der Waals surface area contributed by atoms with Gasteiger partial charge < -0.3 is 4.90 Å². The highest BCUT2D eigenvalue weighted by Gasteiger charge is 2.38. The molecule has 1 amide bonds. The molecule has 0 spiro atoms. The van der Waals surface area contributed by atoms with Crippen LogP contribution in [-0.2, 0) is 22.2 Å². The Morgan fingerprint density at radius 3 is 2.57 bits per heavy atom. The van der Waals surface area contributed by atoms with Gasteiger partial charge in [0, 0.05) is 24.8 Å². The number of carbonyl (C=O) groups is 1. The van der Waals surface area contributed by atoms with E-state index < -0.39 is 11.0 Å². The van der Waals surface area contributed by atoms with Gasteiger partial charge in [0.15, 0.2) is 0 Å². The van der Waals surface area contributed by atoms with Crippen LogP contribution in [0, 0.1) is 11.7 Å². The van der Waals surface area contributed by atoms with E-state index in [0.717, 1.165) is 23.1 Å². The predicted octanol–water partition coefficient (Wildman–Crippen LogP) is 3.54. The Morgan fingerprint density at radius 2 is 1.93 bits per heavy atom. The molecule has 1 saturated heterocycles. The van der Waals surface area contributed by atoms with Crippen LogP contribution in [0.5, 0.6) is 0 Å². The normalized spacial score (nSPS) is 20.5. The third kappa shape index (κ3) is 4.86. The second-order valence-electron chi connectivity index (χ2n) is 7.64. The molecule has 0 saturated carbocycles. The average molecular weight is 403 g/mol. The molecule has 3 rings (SSSR count). The van der Waals surface area contributed by atoms with Crippen molar-refractivity contribution in [1.82, 2.24) is 9.62 Å². The fraction of sp³-hybridized carbons (Fsp3) is 0.409. The van der Waals surface area contributed by atoms with Crippen molar-refractivity contribution in [2.75, 3.05) is 12.8 Å². The summed E-state index contributed by atoms with van der Waals surface area (Å²) in [5, 5.41) is 0. The van der Waals surface area contributed by atoms with Gasteiger partial charge in [-0.1, -0.05) is 50.2 Å². The number of rotatable bonds is 6. The molecule has 0 aromatic heterocycles. The fourth-order valence-corrected chi connectivity index (χ4v) is 4.57. The zero-order valence-electron chi connectivity index (χ0n) is 16.5. The Hall–Kier alpha value is -2.05. The molecule has 6 heteroatoms. The summed E-state index contributed by atoms with van der Waals surface area (Å²) in [5.41, 5.74) is 2.61. The van der Waals surface area contributed by atoms with Crippen molar-refractivity contribution in [1.29, 1.82) is 0 Å². The number of likely N-dealkylation sites (tertiary alicyclic amines) is 1. The molecule has 0 bridgehead atoms. The Balaban J connectivity index is 1.90. The molecule has 1 aliphatic heterocycles. The van der Waals surface area contributed by atoms with E-state index >= 15 is 0 Å². The van der Waals surface area contributed by atoms with E-state index in [9.17, 15) is 13.4 Å². The lowest BCUT2D eigenvalue weighted by molar-refractivity contribution is -0.135. The van der Waals surface area contributed by atoms with Gasteiger partial charge in [-0.2, -0.15) is 0 Å². The van der Waals surface area contributed by atoms with E-state index in [0.29, 0.717) is 13.0 Å². The summed E-state index contributed by atoms with van der Waals surface area (Å²) in [7, 11) is -1.17. The Morgan fingerprint density at radius 1 is 1.21 bits per heavy atom. The van der Waals surface area contributed by atoms with E-state index in [1.54, 1.807) is 6.26 Å². The van der Waals surface area contributed by atoms with Gasteiger partial charge in [0.2, 0.25) is 5.91 Å². The molecule has 3 atom stereocenters. The second kappa shape index (κ2) is 8.97. The summed E-state index contributed by atoms with van der Waals surface area (Å²) in [4.78, 5) is 14.5.